The van der Waals surface area contributed by atoms with E-state index in [4.69, 9.17) is 0 Å². The molecule has 1 heteroatoms. The van der Waals surface area contributed by atoms with Gasteiger partial charge in [-0.3, -0.25) is 0 Å². The number of hydrogen-bond acceptors (Lipinski definition) is 0. The number of hydrogen-bond donors (Lipinski definition) is 0. The van der Waals surface area contributed by atoms with Crippen molar-refractivity contribution in [3.63, 3.8) is 0 Å². The minimum absolute atomic E-state index is 0.0784. The van der Waals surface area contributed by atoms with Crippen LogP contribution in [0.2, 0.25) is 0 Å². The Balaban J connectivity index is 1.75. The number of fused-ring (bicyclic) bond motifs is 6. The van der Waals surface area contributed by atoms with Crippen molar-refractivity contribution in [2.24, 2.45) is 5.41 Å². The minimum atomic E-state index is 0.0784. The lowest BCUT2D eigenvalue weighted by Crippen LogP contribution is -2.07. The van der Waals surface area contributed by atoms with E-state index in [0.29, 0.717) is 0 Å². The Labute approximate surface area is 178 Å². The van der Waals surface area contributed by atoms with E-state index in [2.05, 4.69) is 118 Å². The number of aromatic nitrogens is 1. The molecular formula is C29H27N. The zero-order valence-electron chi connectivity index (χ0n) is 18.2. The van der Waals surface area contributed by atoms with Gasteiger partial charge in [0.1, 0.15) is 0 Å². The van der Waals surface area contributed by atoms with Crippen molar-refractivity contribution in [3.8, 4) is 0 Å². The van der Waals surface area contributed by atoms with Crippen LogP contribution in [0.4, 0.5) is 0 Å². The third-order valence-electron chi connectivity index (χ3n) is 6.14. The van der Waals surface area contributed by atoms with Gasteiger partial charge in [-0.2, -0.15) is 0 Å². The summed E-state index contributed by atoms with van der Waals surface area (Å²) in [6.07, 6.45) is 6.52. The highest BCUT2D eigenvalue weighted by atomic mass is 14.9. The minimum Gasteiger partial charge on any atom is -0.308 e. The van der Waals surface area contributed by atoms with E-state index in [1.54, 1.807) is 0 Å². The molecule has 5 rings (SSSR count). The summed E-state index contributed by atoms with van der Waals surface area (Å²) in [5.74, 6) is 0. The zero-order valence-corrected chi connectivity index (χ0v) is 18.2. The molecule has 0 saturated carbocycles. The van der Waals surface area contributed by atoms with E-state index in [9.17, 15) is 0 Å². The van der Waals surface area contributed by atoms with Crippen LogP contribution < -0.4 is 0 Å². The van der Waals surface area contributed by atoms with Gasteiger partial charge >= 0.3 is 0 Å². The second kappa shape index (κ2) is 6.60. The van der Waals surface area contributed by atoms with Gasteiger partial charge in [0.15, 0.2) is 0 Å². The molecule has 3 aromatic carbocycles. The molecule has 0 aliphatic heterocycles. The zero-order chi connectivity index (χ0) is 21.0. The summed E-state index contributed by atoms with van der Waals surface area (Å²) in [5, 5.41) is 5.24. The fraction of sp³-hybridized carbons (Fsp3) is 0.172. The number of nitrogens with zero attached hydrogens (tertiary/aromatic N) is 1. The van der Waals surface area contributed by atoms with Crippen LogP contribution in [-0.4, -0.2) is 4.40 Å². The van der Waals surface area contributed by atoms with Crippen molar-refractivity contribution >= 4 is 43.7 Å². The van der Waals surface area contributed by atoms with Crippen LogP contribution in [0.3, 0.4) is 0 Å². The quantitative estimate of drug-likeness (QED) is 0.273. The molecule has 0 aliphatic rings. The Morgan fingerprint density at radius 3 is 2.23 bits per heavy atom. The smallest absolute Gasteiger partial charge is 0.0620 e. The van der Waals surface area contributed by atoms with Crippen molar-refractivity contribution in [1.29, 1.82) is 0 Å². The van der Waals surface area contributed by atoms with Gasteiger partial charge in [-0.1, -0.05) is 88.0 Å². The highest BCUT2D eigenvalue weighted by Gasteiger charge is 2.18. The molecule has 0 N–H and O–H groups in total. The lowest BCUT2D eigenvalue weighted by Gasteiger charge is -2.21. The lowest BCUT2D eigenvalue weighted by atomic mass is 9.84. The molecule has 0 spiro atoms. The van der Waals surface area contributed by atoms with E-state index in [0.717, 1.165) is 5.57 Å². The maximum absolute atomic E-state index is 4.40. The average Bonchev–Trinajstić information content (AvgIpc) is 3.24. The molecule has 0 radical (unpaired) electrons. The summed E-state index contributed by atoms with van der Waals surface area (Å²) in [6, 6.07) is 22.1. The summed E-state index contributed by atoms with van der Waals surface area (Å²) in [4.78, 5) is 0. The van der Waals surface area contributed by atoms with Crippen molar-refractivity contribution in [2.45, 2.75) is 27.7 Å². The first-order valence-electron chi connectivity index (χ1n) is 10.6. The molecule has 5 aromatic rings. The summed E-state index contributed by atoms with van der Waals surface area (Å²) in [6.45, 7) is 13.2. The molecule has 148 valence electrons. The average molecular weight is 390 g/mol. The van der Waals surface area contributed by atoms with Crippen LogP contribution in [0.15, 0.2) is 91.0 Å². The van der Waals surface area contributed by atoms with Gasteiger partial charge in [-0.25, -0.2) is 0 Å². The highest BCUT2D eigenvalue weighted by molar-refractivity contribution is 6.23. The predicted octanol–water partition coefficient (Wildman–Crippen LogP) is 8.40. The molecule has 0 fully saturated rings. The van der Waals surface area contributed by atoms with Gasteiger partial charge < -0.3 is 4.40 Å². The van der Waals surface area contributed by atoms with Crippen LogP contribution in [0, 0.1) is 5.41 Å². The highest BCUT2D eigenvalue weighted by Crippen LogP contribution is 2.39. The van der Waals surface area contributed by atoms with Crippen LogP contribution in [0.25, 0.3) is 43.7 Å². The molecule has 0 bridgehead atoms. The van der Waals surface area contributed by atoms with Crippen molar-refractivity contribution in [3.05, 3.63) is 96.6 Å². The normalized spacial score (nSPS) is 13.5. The van der Waals surface area contributed by atoms with Gasteiger partial charge in [-0.05, 0) is 47.2 Å². The summed E-state index contributed by atoms with van der Waals surface area (Å²) >= 11 is 0. The van der Waals surface area contributed by atoms with Crippen LogP contribution in [0.1, 0.15) is 33.3 Å². The molecule has 2 heterocycles. The van der Waals surface area contributed by atoms with Gasteiger partial charge in [0, 0.05) is 21.5 Å². The fourth-order valence-electron chi connectivity index (χ4n) is 4.60. The van der Waals surface area contributed by atoms with Gasteiger partial charge in [0.2, 0.25) is 0 Å². The first kappa shape index (κ1) is 18.7. The van der Waals surface area contributed by atoms with Crippen molar-refractivity contribution in [2.75, 3.05) is 0 Å². The van der Waals surface area contributed by atoms with Gasteiger partial charge in [0.05, 0.1) is 16.6 Å². The first-order valence-corrected chi connectivity index (χ1v) is 10.6. The largest absolute Gasteiger partial charge is 0.308 e. The summed E-state index contributed by atoms with van der Waals surface area (Å²) in [7, 11) is 0. The van der Waals surface area contributed by atoms with Crippen LogP contribution in [0.5, 0.6) is 0 Å². The molecule has 0 aliphatic carbocycles. The number of benzene rings is 3. The molecular weight excluding hydrogens is 362 g/mol. The lowest BCUT2D eigenvalue weighted by molar-refractivity contribution is 0.517. The Morgan fingerprint density at radius 1 is 0.833 bits per heavy atom. The van der Waals surface area contributed by atoms with Gasteiger partial charge in [-0.15, -0.1) is 0 Å². The van der Waals surface area contributed by atoms with E-state index < -0.39 is 0 Å². The number of allylic oxidation sites excluding steroid dienone is 5. The van der Waals surface area contributed by atoms with Crippen molar-refractivity contribution in [1.82, 2.24) is 4.40 Å². The molecule has 0 unspecified atom stereocenters. The molecule has 0 amide bonds. The molecule has 2 aromatic heterocycles. The molecule has 30 heavy (non-hydrogen) atoms. The van der Waals surface area contributed by atoms with E-state index in [1.807, 2.05) is 0 Å². The molecule has 0 saturated heterocycles. The Bertz CT molecular complexity index is 1480. The second-order valence-electron chi connectivity index (χ2n) is 9.16. The summed E-state index contributed by atoms with van der Waals surface area (Å²) in [5.41, 5.74) is 7.43. The molecule has 0 atom stereocenters. The Morgan fingerprint density at radius 2 is 1.50 bits per heavy atom. The third kappa shape index (κ3) is 2.69. The third-order valence-corrected chi connectivity index (χ3v) is 6.14. The van der Waals surface area contributed by atoms with E-state index in [-0.39, 0.29) is 5.41 Å². The predicted molar refractivity (Wildman–Crippen MR) is 132 cm³/mol. The maximum atomic E-state index is 4.40. The standard InChI is InChI=1S/C29H27N/c1-6-10-21(29(3,4)5)17-19(2)20-15-16-27-25(18-20)24-13-9-12-23-22-11-7-8-14-26(22)30(27)28(23)24/h6-18H,2H2,1,3-5H3/b10-6-,21-17+. The SMILES string of the molecule is C=C(/C=C(\C=C/C)C(C)(C)C)c1ccc2c(c1)c1cccc3c4ccccc4n2c31. The second-order valence-corrected chi connectivity index (χ2v) is 9.16. The molecule has 1 nitrogen and oxygen atoms in total. The van der Waals surface area contributed by atoms with E-state index in [1.165, 1.54) is 49.2 Å². The van der Waals surface area contributed by atoms with Crippen molar-refractivity contribution < 1.29 is 0 Å². The number of rotatable bonds is 3. The van der Waals surface area contributed by atoms with Crippen LogP contribution in [-0.2, 0) is 0 Å². The number of para-hydroxylation sites is 2. The van der Waals surface area contributed by atoms with E-state index >= 15 is 0 Å². The van der Waals surface area contributed by atoms with Crippen LogP contribution >= 0.6 is 0 Å². The maximum Gasteiger partial charge on any atom is 0.0620 e. The monoisotopic (exact) mass is 389 g/mol. The first-order chi connectivity index (χ1) is 14.4. The Hall–Kier alpha value is -3.32. The summed E-state index contributed by atoms with van der Waals surface area (Å²) < 4.78 is 2.41. The fourth-order valence-corrected chi connectivity index (χ4v) is 4.60. The van der Waals surface area contributed by atoms with Gasteiger partial charge in [0.25, 0.3) is 0 Å². The topological polar surface area (TPSA) is 4.41 Å². The Kier molecular flexibility index (Phi) is 4.11.